The van der Waals surface area contributed by atoms with Crippen molar-refractivity contribution in [1.29, 1.82) is 0 Å². The van der Waals surface area contributed by atoms with Crippen LogP contribution in [0.25, 0.3) is 0 Å². The Bertz CT molecular complexity index is 379. The van der Waals surface area contributed by atoms with Crippen molar-refractivity contribution in [2.45, 2.75) is 19.0 Å². The van der Waals surface area contributed by atoms with Gasteiger partial charge in [0.15, 0.2) is 0 Å². The summed E-state index contributed by atoms with van der Waals surface area (Å²) in [5.74, 6) is 0. The van der Waals surface area contributed by atoms with Crippen LogP contribution >= 0.6 is 11.6 Å². The molecule has 4 heteroatoms. The van der Waals surface area contributed by atoms with Gasteiger partial charge in [0.05, 0.1) is 19.3 Å². The van der Waals surface area contributed by atoms with Crippen molar-refractivity contribution in [2.75, 3.05) is 19.8 Å². The Morgan fingerprint density at radius 2 is 2.27 bits per heavy atom. The Kier molecular flexibility index (Phi) is 2.39. The molecule has 0 aliphatic carbocycles. The van der Waals surface area contributed by atoms with E-state index in [2.05, 4.69) is 16.0 Å². The van der Waals surface area contributed by atoms with Gasteiger partial charge < -0.3 is 4.74 Å². The molecule has 2 aliphatic rings. The third kappa shape index (κ3) is 1.75. The highest BCUT2D eigenvalue weighted by atomic mass is 35.5. The Labute approximate surface area is 94.0 Å². The number of aromatic nitrogens is 1. The fourth-order valence-corrected chi connectivity index (χ4v) is 2.32. The number of hydrogen-bond donors (Lipinski definition) is 0. The molecule has 2 aliphatic heterocycles. The van der Waals surface area contributed by atoms with Gasteiger partial charge in [0.1, 0.15) is 5.15 Å². The first kappa shape index (κ1) is 9.58. The van der Waals surface area contributed by atoms with Crippen molar-refractivity contribution in [3.8, 4) is 0 Å². The monoisotopic (exact) mass is 224 g/mol. The molecule has 3 heterocycles. The molecule has 0 aromatic carbocycles. The zero-order valence-corrected chi connectivity index (χ0v) is 9.20. The second-order valence-electron chi connectivity index (χ2n) is 4.15. The van der Waals surface area contributed by atoms with Crippen LogP contribution in [-0.2, 0) is 17.7 Å². The minimum absolute atomic E-state index is 0.606. The fourth-order valence-electron chi connectivity index (χ4n) is 2.16. The SMILES string of the molecule is Clc1ccc2c(n1)CCN(C1COC1)C2. The average molecular weight is 225 g/mol. The van der Waals surface area contributed by atoms with Crippen LogP contribution in [-0.4, -0.2) is 35.7 Å². The van der Waals surface area contributed by atoms with Gasteiger partial charge in [-0.3, -0.25) is 4.90 Å². The highest BCUT2D eigenvalue weighted by molar-refractivity contribution is 6.29. The van der Waals surface area contributed by atoms with Crippen LogP contribution in [0.5, 0.6) is 0 Å². The van der Waals surface area contributed by atoms with Gasteiger partial charge in [0.25, 0.3) is 0 Å². The molecule has 0 N–H and O–H groups in total. The molecule has 0 spiro atoms. The third-order valence-electron chi connectivity index (χ3n) is 3.18. The number of pyridine rings is 1. The summed E-state index contributed by atoms with van der Waals surface area (Å²) in [5, 5.41) is 0.606. The molecular formula is C11H13ClN2O. The van der Waals surface area contributed by atoms with E-state index in [9.17, 15) is 0 Å². The summed E-state index contributed by atoms with van der Waals surface area (Å²) >= 11 is 5.87. The highest BCUT2D eigenvalue weighted by Crippen LogP contribution is 2.23. The number of ether oxygens (including phenoxy) is 1. The van der Waals surface area contributed by atoms with Crippen LogP contribution in [0.1, 0.15) is 11.3 Å². The van der Waals surface area contributed by atoms with Crippen LogP contribution in [0, 0.1) is 0 Å². The van der Waals surface area contributed by atoms with Gasteiger partial charge in [0, 0.05) is 25.2 Å². The van der Waals surface area contributed by atoms with E-state index in [1.807, 2.05) is 6.07 Å². The Hall–Kier alpha value is -0.640. The first-order valence-electron chi connectivity index (χ1n) is 5.29. The molecule has 0 amide bonds. The predicted molar refractivity (Wildman–Crippen MR) is 58.0 cm³/mol. The van der Waals surface area contributed by atoms with Gasteiger partial charge in [0.2, 0.25) is 0 Å². The summed E-state index contributed by atoms with van der Waals surface area (Å²) in [4.78, 5) is 6.83. The van der Waals surface area contributed by atoms with E-state index >= 15 is 0 Å². The van der Waals surface area contributed by atoms with E-state index in [4.69, 9.17) is 16.3 Å². The highest BCUT2D eigenvalue weighted by Gasteiger charge is 2.29. The molecule has 3 rings (SSSR count). The summed E-state index contributed by atoms with van der Waals surface area (Å²) in [7, 11) is 0. The summed E-state index contributed by atoms with van der Waals surface area (Å²) in [6, 6.07) is 4.59. The molecule has 1 fully saturated rings. The van der Waals surface area contributed by atoms with Crippen LogP contribution in [0.3, 0.4) is 0 Å². The lowest BCUT2D eigenvalue weighted by atomic mass is 10.0. The summed E-state index contributed by atoms with van der Waals surface area (Å²) in [6.07, 6.45) is 1.01. The van der Waals surface area contributed by atoms with Crippen LogP contribution < -0.4 is 0 Å². The van der Waals surface area contributed by atoms with E-state index in [1.165, 1.54) is 11.3 Å². The standard InChI is InChI=1S/C11H13ClN2O/c12-11-2-1-8-5-14(9-6-15-7-9)4-3-10(8)13-11/h1-2,9H,3-7H2. The van der Waals surface area contributed by atoms with Gasteiger partial charge in [-0.25, -0.2) is 4.98 Å². The molecule has 0 atom stereocenters. The van der Waals surface area contributed by atoms with Gasteiger partial charge in [-0.1, -0.05) is 17.7 Å². The Balaban J connectivity index is 1.80. The van der Waals surface area contributed by atoms with Crippen molar-refractivity contribution in [2.24, 2.45) is 0 Å². The molecular weight excluding hydrogens is 212 g/mol. The van der Waals surface area contributed by atoms with Crippen molar-refractivity contribution >= 4 is 11.6 Å². The molecule has 1 aromatic rings. The summed E-state index contributed by atoms with van der Waals surface area (Å²) in [5.41, 5.74) is 2.48. The molecule has 3 nitrogen and oxygen atoms in total. The number of hydrogen-bond acceptors (Lipinski definition) is 3. The summed E-state index contributed by atoms with van der Waals surface area (Å²) in [6.45, 7) is 3.84. The average Bonchev–Trinajstić information content (AvgIpc) is 2.15. The van der Waals surface area contributed by atoms with Crippen molar-refractivity contribution < 1.29 is 4.74 Å². The quantitative estimate of drug-likeness (QED) is 0.676. The first-order chi connectivity index (χ1) is 7.33. The van der Waals surface area contributed by atoms with Gasteiger partial charge >= 0.3 is 0 Å². The van der Waals surface area contributed by atoms with E-state index in [0.717, 1.165) is 32.7 Å². The molecule has 80 valence electrons. The number of rotatable bonds is 1. The Morgan fingerprint density at radius 1 is 1.40 bits per heavy atom. The predicted octanol–water partition coefficient (Wildman–Crippen LogP) is 1.49. The number of fused-ring (bicyclic) bond motifs is 1. The van der Waals surface area contributed by atoms with Crippen molar-refractivity contribution in [1.82, 2.24) is 9.88 Å². The Morgan fingerprint density at radius 3 is 3.00 bits per heavy atom. The maximum absolute atomic E-state index is 5.87. The second-order valence-corrected chi connectivity index (χ2v) is 4.54. The van der Waals surface area contributed by atoms with Crippen molar-refractivity contribution in [3.63, 3.8) is 0 Å². The minimum Gasteiger partial charge on any atom is -0.378 e. The molecule has 0 unspecified atom stereocenters. The number of halogens is 1. The topological polar surface area (TPSA) is 25.4 Å². The lowest BCUT2D eigenvalue weighted by Gasteiger charge is -2.39. The summed E-state index contributed by atoms with van der Waals surface area (Å²) < 4.78 is 5.22. The molecule has 0 saturated carbocycles. The number of nitrogens with zero attached hydrogens (tertiary/aromatic N) is 2. The van der Waals surface area contributed by atoms with Crippen LogP contribution in [0.2, 0.25) is 5.15 Å². The van der Waals surface area contributed by atoms with Crippen molar-refractivity contribution in [3.05, 3.63) is 28.5 Å². The molecule has 0 radical (unpaired) electrons. The first-order valence-corrected chi connectivity index (χ1v) is 5.67. The molecule has 1 saturated heterocycles. The minimum atomic E-state index is 0.606. The largest absolute Gasteiger partial charge is 0.378 e. The molecule has 15 heavy (non-hydrogen) atoms. The smallest absolute Gasteiger partial charge is 0.129 e. The van der Waals surface area contributed by atoms with Gasteiger partial charge in [-0.2, -0.15) is 0 Å². The zero-order chi connectivity index (χ0) is 10.3. The molecule has 0 bridgehead atoms. The molecule has 1 aromatic heterocycles. The normalized spacial score (nSPS) is 22.2. The maximum atomic E-state index is 5.87. The van der Waals surface area contributed by atoms with Crippen LogP contribution in [0.15, 0.2) is 12.1 Å². The van der Waals surface area contributed by atoms with E-state index < -0.39 is 0 Å². The lowest BCUT2D eigenvalue weighted by molar-refractivity contribution is -0.0696. The van der Waals surface area contributed by atoms with Gasteiger partial charge in [-0.05, 0) is 11.6 Å². The van der Waals surface area contributed by atoms with E-state index in [-0.39, 0.29) is 0 Å². The third-order valence-corrected chi connectivity index (χ3v) is 3.39. The lowest BCUT2D eigenvalue weighted by Crippen LogP contribution is -2.50. The fraction of sp³-hybridized carbons (Fsp3) is 0.545. The maximum Gasteiger partial charge on any atom is 0.129 e. The van der Waals surface area contributed by atoms with E-state index in [0.29, 0.717) is 11.2 Å². The van der Waals surface area contributed by atoms with E-state index in [1.54, 1.807) is 0 Å². The zero-order valence-electron chi connectivity index (χ0n) is 8.45. The van der Waals surface area contributed by atoms with Crippen LogP contribution in [0.4, 0.5) is 0 Å². The second kappa shape index (κ2) is 3.74. The van der Waals surface area contributed by atoms with Gasteiger partial charge in [-0.15, -0.1) is 0 Å².